The molecule has 1 heterocycles. The zero-order valence-electron chi connectivity index (χ0n) is 8.85. The van der Waals surface area contributed by atoms with Crippen LogP contribution >= 0.6 is 0 Å². The van der Waals surface area contributed by atoms with Gasteiger partial charge in [0, 0.05) is 0 Å². The lowest BCUT2D eigenvalue weighted by Gasteiger charge is -2.14. The third-order valence-corrected chi connectivity index (χ3v) is 2.53. The maximum absolute atomic E-state index is 5.75. The average Bonchev–Trinajstić information content (AvgIpc) is 2.50. The molecule has 4 N–H and O–H groups in total. The van der Waals surface area contributed by atoms with Gasteiger partial charge in [-0.1, -0.05) is 29.8 Å². The molecule has 1 aromatic carbocycles. The highest BCUT2D eigenvalue weighted by atomic mass is 15.5. The van der Waals surface area contributed by atoms with Crippen molar-refractivity contribution in [1.82, 2.24) is 5.01 Å². The van der Waals surface area contributed by atoms with E-state index in [-0.39, 0.29) is 6.04 Å². The minimum atomic E-state index is -0.115. The Balaban J connectivity index is 2.02. The van der Waals surface area contributed by atoms with Gasteiger partial charge in [0.15, 0.2) is 0 Å². The van der Waals surface area contributed by atoms with E-state index in [0.717, 1.165) is 6.54 Å². The second-order valence-electron chi connectivity index (χ2n) is 3.96. The molecule has 1 aliphatic rings. The summed E-state index contributed by atoms with van der Waals surface area (Å²) in [6.07, 6.45) is 0. The van der Waals surface area contributed by atoms with Crippen molar-refractivity contribution < 1.29 is 0 Å². The second kappa shape index (κ2) is 3.90. The molecule has 0 saturated heterocycles. The third-order valence-electron chi connectivity index (χ3n) is 2.53. The summed E-state index contributed by atoms with van der Waals surface area (Å²) in [4.78, 5) is 0. The first kappa shape index (κ1) is 9.98. The van der Waals surface area contributed by atoms with Crippen molar-refractivity contribution in [3.05, 3.63) is 35.4 Å². The van der Waals surface area contributed by atoms with Crippen molar-refractivity contribution >= 4 is 5.84 Å². The van der Waals surface area contributed by atoms with Crippen LogP contribution in [0.15, 0.2) is 29.4 Å². The van der Waals surface area contributed by atoms with Gasteiger partial charge in [-0.25, -0.2) is 0 Å². The summed E-state index contributed by atoms with van der Waals surface area (Å²) in [5.74, 6) is 0.530. The van der Waals surface area contributed by atoms with Crippen LogP contribution in [0.25, 0.3) is 0 Å². The summed E-state index contributed by atoms with van der Waals surface area (Å²) in [6.45, 7) is 3.56. The fourth-order valence-corrected chi connectivity index (χ4v) is 1.60. The molecule has 0 saturated carbocycles. The average molecular weight is 204 g/mol. The Kier molecular flexibility index (Phi) is 2.60. The summed E-state index contributed by atoms with van der Waals surface area (Å²) in [7, 11) is 0. The summed E-state index contributed by atoms with van der Waals surface area (Å²) >= 11 is 0. The largest absolute Gasteiger partial charge is 0.384 e. The van der Waals surface area contributed by atoms with Crippen molar-refractivity contribution in [3.63, 3.8) is 0 Å². The van der Waals surface area contributed by atoms with Crippen LogP contribution < -0.4 is 11.5 Å². The SMILES string of the molecule is Cc1ccc(CN2CC(N)C(N)=N2)cc1. The number of aryl methyl sites for hydroxylation is 1. The Hall–Kier alpha value is -1.55. The van der Waals surface area contributed by atoms with E-state index in [1.54, 1.807) is 0 Å². The van der Waals surface area contributed by atoms with Crippen molar-refractivity contribution in [2.45, 2.75) is 19.5 Å². The lowest BCUT2D eigenvalue weighted by Crippen LogP contribution is -2.37. The molecule has 2 rings (SSSR count). The first-order valence-corrected chi connectivity index (χ1v) is 5.05. The van der Waals surface area contributed by atoms with Gasteiger partial charge < -0.3 is 11.5 Å². The molecule has 0 aromatic heterocycles. The van der Waals surface area contributed by atoms with E-state index in [1.807, 2.05) is 5.01 Å². The molecule has 0 bridgehead atoms. The molecule has 0 amide bonds. The number of hydrogen-bond acceptors (Lipinski definition) is 4. The second-order valence-corrected chi connectivity index (χ2v) is 3.96. The number of rotatable bonds is 2. The van der Waals surface area contributed by atoms with Gasteiger partial charge in [-0.2, -0.15) is 5.10 Å². The molecule has 80 valence electrons. The summed E-state index contributed by atoms with van der Waals surface area (Å²) < 4.78 is 0. The van der Waals surface area contributed by atoms with Crippen LogP contribution in [0.1, 0.15) is 11.1 Å². The normalized spacial score (nSPS) is 20.5. The molecule has 0 fully saturated rings. The van der Waals surface area contributed by atoms with Crippen LogP contribution in [0.3, 0.4) is 0 Å². The molecular weight excluding hydrogens is 188 g/mol. The standard InChI is InChI=1S/C11H16N4/c1-8-2-4-9(5-3-8)6-15-7-10(12)11(13)14-15/h2-5,10H,6-7,12H2,1H3,(H2,13,14). The number of hydrazone groups is 1. The van der Waals surface area contributed by atoms with E-state index >= 15 is 0 Å². The molecule has 1 unspecified atom stereocenters. The minimum absolute atomic E-state index is 0.115. The predicted molar refractivity (Wildman–Crippen MR) is 61.2 cm³/mol. The van der Waals surface area contributed by atoms with Crippen LogP contribution in [0, 0.1) is 6.92 Å². The molecule has 15 heavy (non-hydrogen) atoms. The van der Waals surface area contributed by atoms with Crippen LogP contribution in [-0.4, -0.2) is 23.4 Å². The number of nitrogens with two attached hydrogens (primary N) is 2. The van der Waals surface area contributed by atoms with Crippen LogP contribution in [0.4, 0.5) is 0 Å². The molecule has 0 aliphatic carbocycles. The van der Waals surface area contributed by atoms with Crippen molar-refractivity contribution in [1.29, 1.82) is 0 Å². The molecule has 1 aliphatic heterocycles. The number of benzene rings is 1. The van der Waals surface area contributed by atoms with E-state index in [0.29, 0.717) is 12.4 Å². The van der Waals surface area contributed by atoms with Crippen LogP contribution in [-0.2, 0) is 6.54 Å². The maximum Gasteiger partial charge on any atom is 0.138 e. The highest BCUT2D eigenvalue weighted by Gasteiger charge is 2.20. The summed E-state index contributed by atoms with van der Waals surface area (Å²) in [5.41, 5.74) is 13.9. The predicted octanol–water partition coefficient (Wildman–Crippen LogP) is 0.410. The zero-order chi connectivity index (χ0) is 10.8. The van der Waals surface area contributed by atoms with Gasteiger partial charge in [0.25, 0.3) is 0 Å². The highest BCUT2D eigenvalue weighted by Crippen LogP contribution is 2.10. The Labute approximate surface area is 89.6 Å². The van der Waals surface area contributed by atoms with Gasteiger partial charge in [0.05, 0.1) is 19.1 Å². The third kappa shape index (κ3) is 2.27. The van der Waals surface area contributed by atoms with Crippen molar-refractivity contribution in [3.8, 4) is 0 Å². The van der Waals surface area contributed by atoms with Gasteiger partial charge in [0.1, 0.15) is 5.84 Å². The Morgan fingerprint density at radius 2 is 2.07 bits per heavy atom. The lowest BCUT2D eigenvalue weighted by atomic mass is 10.1. The van der Waals surface area contributed by atoms with Crippen molar-refractivity contribution in [2.75, 3.05) is 6.54 Å². The quantitative estimate of drug-likeness (QED) is 0.733. The Morgan fingerprint density at radius 1 is 1.40 bits per heavy atom. The number of nitrogens with zero attached hydrogens (tertiary/aromatic N) is 2. The molecule has 4 nitrogen and oxygen atoms in total. The van der Waals surface area contributed by atoms with Crippen LogP contribution in [0.5, 0.6) is 0 Å². The van der Waals surface area contributed by atoms with Crippen LogP contribution in [0.2, 0.25) is 0 Å². The number of hydrogen-bond donors (Lipinski definition) is 2. The maximum atomic E-state index is 5.75. The van der Waals surface area contributed by atoms with E-state index < -0.39 is 0 Å². The molecule has 4 heteroatoms. The van der Waals surface area contributed by atoms with Gasteiger partial charge in [-0.15, -0.1) is 0 Å². The summed E-state index contributed by atoms with van der Waals surface area (Å²) in [5, 5.41) is 6.10. The smallest absolute Gasteiger partial charge is 0.138 e. The van der Waals surface area contributed by atoms with Gasteiger partial charge >= 0.3 is 0 Å². The van der Waals surface area contributed by atoms with E-state index in [2.05, 4.69) is 36.3 Å². The first-order chi connectivity index (χ1) is 7.15. The molecule has 1 atom stereocenters. The van der Waals surface area contributed by atoms with E-state index in [4.69, 9.17) is 11.5 Å². The topological polar surface area (TPSA) is 67.6 Å². The van der Waals surface area contributed by atoms with Gasteiger partial charge in [-0.05, 0) is 12.5 Å². The van der Waals surface area contributed by atoms with Gasteiger partial charge in [0.2, 0.25) is 0 Å². The monoisotopic (exact) mass is 204 g/mol. The van der Waals surface area contributed by atoms with E-state index in [1.165, 1.54) is 11.1 Å². The fraction of sp³-hybridized carbons (Fsp3) is 0.364. The first-order valence-electron chi connectivity index (χ1n) is 5.05. The fourth-order valence-electron chi connectivity index (χ4n) is 1.60. The highest BCUT2D eigenvalue weighted by molar-refractivity contribution is 5.86. The minimum Gasteiger partial charge on any atom is -0.384 e. The zero-order valence-corrected chi connectivity index (χ0v) is 8.85. The lowest BCUT2D eigenvalue weighted by molar-refractivity contribution is 0.302. The molecule has 1 aromatic rings. The van der Waals surface area contributed by atoms with Gasteiger partial charge in [-0.3, -0.25) is 5.01 Å². The Morgan fingerprint density at radius 3 is 2.60 bits per heavy atom. The number of amidine groups is 1. The molecule has 0 spiro atoms. The molecular formula is C11H16N4. The Bertz CT molecular complexity index is 369. The summed E-state index contributed by atoms with van der Waals surface area (Å²) in [6, 6.07) is 8.28. The molecule has 0 radical (unpaired) electrons. The van der Waals surface area contributed by atoms with E-state index in [9.17, 15) is 0 Å². The van der Waals surface area contributed by atoms with Crippen molar-refractivity contribution in [2.24, 2.45) is 16.6 Å².